The molecule has 25 valence electrons. The Morgan fingerprint density at radius 1 is 1.80 bits per heavy atom. The summed E-state index contributed by atoms with van der Waals surface area (Å²) in [6.07, 6.45) is 1.76. The summed E-state index contributed by atoms with van der Waals surface area (Å²) in [7, 11) is 0. The summed E-state index contributed by atoms with van der Waals surface area (Å²) < 4.78 is 1.11. The molecule has 0 saturated carbocycles. The van der Waals surface area contributed by atoms with Crippen molar-refractivity contribution in [3.8, 4) is 0 Å². The van der Waals surface area contributed by atoms with E-state index in [-0.39, 0.29) is 0 Å². The van der Waals surface area contributed by atoms with Gasteiger partial charge in [0, 0.05) is 0 Å². The summed E-state index contributed by atoms with van der Waals surface area (Å²) in [6, 6.07) is 0. The molecule has 0 aliphatic carbocycles. The maximum absolute atomic E-state index is 3.60. The summed E-state index contributed by atoms with van der Waals surface area (Å²) in [4.78, 5) is 0. The van der Waals surface area contributed by atoms with E-state index >= 15 is 0 Å². The molecular formula is C4H5Sn. The Hall–Kier alpha value is 0.279. The number of rotatable bonds is 1. The molecule has 0 bridgehead atoms. The molecule has 0 unspecified atom stereocenters. The Labute approximate surface area is 45.7 Å². The molecule has 0 atom stereocenters. The van der Waals surface area contributed by atoms with Crippen molar-refractivity contribution in [2.24, 2.45) is 0 Å². The molecule has 0 saturated heterocycles. The van der Waals surface area contributed by atoms with Gasteiger partial charge in [-0.2, -0.15) is 0 Å². The SMILES string of the molecule is C=C[C](=C)[Sn]. The average Bonchev–Trinajstić information content (AvgIpc) is 1.38. The van der Waals surface area contributed by atoms with Crippen LogP contribution in [0.2, 0.25) is 0 Å². The third-order valence-electron chi connectivity index (χ3n) is 0.246. The molecular weight excluding hydrogens is 167 g/mol. The predicted octanol–water partition coefficient (Wildman–Crippen LogP) is 0.855. The molecule has 0 N–H and O–H groups in total. The van der Waals surface area contributed by atoms with Crippen molar-refractivity contribution in [2.75, 3.05) is 0 Å². The fourth-order valence-electron chi connectivity index (χ4n) is 0. The van der Waals surface area contributed by atoms with Crippen LogP contribution in [-0.2, 0) is 0 Å². The van der Waals surface area contributed by atoms with Gasteiger partial charge in [0.1, 0.15) is 0 Å². The van der Waals surface area contributed by atoms with Gasteiger partial charge < -0.3 is 0 Å². The minimum absolute atomic E-state index is 1.11. The second kappa shape index (κ2) is 2.51. The zero-order valence-corrected chi connectivity index (χ0v) is 5.85. The van der Waals surface area contributed by atoms with Gasteiger partial charge in [-0.3, -0.25) is 0 Å². The fourth-order valence-corrected chi connectivity index (χ4v) is 0. The first-order valence-corrected chi connectivity index (χ1v) is 2.73. The van der Waals surface area contributed by atoms with E-state index in [9.17, 15) is 0 Å². The molecule has 0 aromatic heterocycles. The Kier molecular flexibility index (Phi) is 2.65. The van der Waals surface area contributed by atoms with Crippen LogP contribution < -0.4 is 0 Å². The van der Waals surface area contributed by atoms with E-state index in [0.29, 0.717) is 0 Å². The molecule has 0 fully saturated rings. The van der Waals surface area contributed by atoms with Crippen molar-refractivity contribution in [2.45, 2.75) is 0 Å². The van der Waals surface area contributed by atoms with Crippen LogP contribution in [-0.4, -0.2) is 22.5 Å². The van der Waals surface area contributed by atoms with Crippen LogP contribution >= 0.6 is 0 Å². The first-order chi connectivity index (χ1) is 2.27. The zero-order valence-electron chi connectivity index (χ0n) is 2.99. The van der Waals surface area contributed by atoms with E-state index in [1.165, 1.54) is 22.5 Å². The first-order valence-electron chi connectivity index (χ1n) is 1.30. The Morgan fingerprint density at radius 3 is 2.00 bits per heavy atom. The topological polar surface area (TPSA) is 0 Å². The van der Waals surface area contributed by atoms with Crippen LogP contribution in [0.3, 0.4) is 0 Å². The second-order valence-electron chi connectivity index (χ2n) is 0.729. The van der Waals surface area contributed by atoms with Crippen LogP contribution in [0, 0.1) is 0 Å². The quantitative estimate of drug-likeness (QED) is 0.406. The normalized spacial score (nSPS) is 6.60. The summed E-state index contributed by atoms with van der Waals surface area (Å²) in [5, 5.41) is 0. The summed E-state index contributed by atoms with van der Waals surface area (Å²) in [5.41, 5.74) is 0. The average molecular weight is 172 g/mol. The molecule has 0 rings (SSSR count). The van der Waals surface area contributed by atoms with Crippen LogP contribution in [0.4, 0.5) is 0 Å². The molecule has 0 aliphatic heterocycles. The standard InChI is InChI=1S/C4H5.Sn/c1-3-4-2;/h3H,1-2H2;. The van der Waals surface area contributed by atoms with Gasteiger partial charge in [-0.15, -0.1) is 0 Å². The van der Waals surface area contributed by atoms with Crippen molar-refractivity contribution in [1.82, 2.24) is 0 Å². The number of hydrogen-bond acceptors (Lipinski definition) is 0. The van der Waals surface area contributed by atoms with Crippen LogP contribution in [0.1, 0.15) is 0 Å². The van der Waals surface area contributed by atoms with E-state index in [2.05, 4.69) is 13.2 Å². The molecule has 0 aromatic rings. The van der Waals surface area contributed by atoms with Gasteiger partial charge in [0.2, 0.25) is 0 Å². The van der Waals surface area contributed by atoms with E-state index in [1.54, 1.807) is 6.08 Å². The zero-order chi connectivity index (χ0) is 4.28. The van der Waals surface area contributed by atoms with Gasteiger partial charge in [0.25, 0.3) is 0 Å². The molecule has 0 aromatic carbocycles. The molecule has 1 heteroatoms. The first kappa shape index (κ1) is 5.28. The summed E-state index contributed by atoms with van der Waals surface area (Å²) in [5.74, 6) is 0. The molecule has 0 spiro atoms. The van der Waals surface area contributed by atoms with E-state index < -0.39 is 0 Å². The predicted molar refractivity (Wildman–Crippen MR) is 25.1 cm³/mol. The Bertz CT molecular complexity index is 54.7. The summed E-state index contributed by atoms with van der Waals surface area (Å²) >= 11 is 1.36. The van der Waals surface area contributed by atoms with Gasteiger partial charge >= 0.3 is 45.3 Å². The van der Waals surface area contributed by atoms with E-state index in [4.69, 9.17) is 0 Å². The van der Waals surface area contributed by atoms with Gasteiger partial charge in [0.15, 0.2) is 0 Å². The van der Waals surface area contributed by atoms with Gasteiger partial charge in [-0.05, 0) is 0 Å². The maximum atomic E-state index is 3.60. The van der Waals surface area contributed by atoms with Crippen molar-refractivity contribution >= 4 is 22.5 Å². The number of allylic oxidation sites excluding steroid dienone is 2. The van der Waals surface area contributed by atoms with Gasteiger partial charge in [-0.1, -0.05) is 0 Å². The summed E-state index contributed by atoms with van der Waals surface area (Å²) in [6.45, 7) is 7.08. The van der Waals surface area contributed by atoms with Crippen molar-refractivity contribution in [3.05, 3.63) is 22.8 Å². The number of hydrogen-bond donors (Lipinski definition) is 0. The molecule has 0 nitrogen and oxygen atoms in total. The fraction of sp³-hybridized carbons (Fsp3) is 0. The van der Waals surface area contributed by atoms with E-state index in [1.807, 2.05) is 0 Å². The Balaban J connectivity index is 3.20. The molecule has 3 radical (unpaired) electrons. The van der Waals surface area contributed by atoms with Gasteiger partial charge in [-0.25, -0.2) is 0 Å². The second-order valence-corrected chi connectivity index (χ2v) is 2.56. The van der Waals surface area contributed by atoms with Crippen LogP contribution in [0.15, 0.2) is 22.8 Å². The van der Waals surface area contributed by atoms with Crippen LogP contribution in [0.5, 0.6) is 0 Å². The molecule has 5 heavy (non-hydrogen) atoms. The third-order valence-corrected chi connectivity index (χ3v) is 0.829. The third kappa shape index (κ3) is 4.28. The van der Waals surface area contributed by atoms with Crippen molar-refractivity contribution < 1.29 is 0 Å². The van der Waals surface area contributed by atoms with Gasteiger partial charge in [0.05, 0.1) is 0 Å². The minimum atomic E-state index is 1.11. The van der Waals surface area contributed by atoms with E-state index in [0.717, 1.165) is 3.59 Å². The van der Waals surface area contributed by atoms with Crippen molar-refractivity contribution in [3.63, 3.8) is 0 Å². The van der Waals surface area contributed by atoms with Crippen molar-refractivity contribution in [1.29, 1.82) is 0 Å². The molecule has 0 aliphatic rings. The monoisotopic (exact) mass is 173 g/mol. The Morgan fingerprint density at radius 2 is 2.00 bits per heavy atom. The van der Waals surface area contributed by atoms with Crippen LogP contribution in [0.25, 0.3) is 0 Å². The molecule has 0 amide bonds. The molecule has 0 heterocycles.